The van der Waals surface area contributed by atoms with Crippen LogP contribution in [0.4, 0.5) is 0 Å². The van der Waals surface area contributed by atoms with Crippen molar-refractivity contribution >= 4 is 0 Å². The molecule has 2 heterocycles. The van der Waals surface area contributed by atoms with E-state index in [9.17, 15) is 5.11 Å². The Labute approximate surface area is 102 Å². The number of hydrogen-bond acceptors (Lipinski definition) is 4. The highest BCUT2D eigenvalue weighted by atomic mass is 16.5. The summed E-state index contributed by atoms with van der Waals surface area (Å²) in [6, 6.07) is 0. The van der Waals surface area contributed by atoms with E-state index in [1.807, 2.05) is 10.9 Å². The van der Waals surface area contributed by atoms with Gasteiger partial charge in [-0.1, -0.05) is 6.92 Å². The van der Waals surface area contributed by atoms with Crippen molar-refractivity contribution in [2.24, 2.45) is 0 Å². The van der Waals surface area contributed by atoms with Crippen LogP contribution in [-0.4, -0.2) is 40.2 Å². The summed E-state index contributed by atoms with van der Waals surface area (Å²) in [6.45, 7) is 5.08. The number of aromatic nitrogens is 2. The lowest BCUT2D eigenvalue weighted by Crippen LogP contribution is -2.45. The minimum absolute atomic E-state index is 0.354. The molecule has 1 fully saturated rings. The van der Waals surface area contributed by atoms with Crippen molar-refractivity contribution < 1.29 is 9.84 Å². The maximum atomic E-state index is 10.3. The monoisotopic (exact) mass is 239 g/mol. The van der Waals surface area contributed by atoms with Gasteiger partial charge < -0.3 is 15.2 Å². The second-order valence-corrected chi connectivity index (χ2v) is 4.70. The molecular formula is C12H21N3O2. The Morgan fingerprint density at radius 3 is 3.00 bits per heavy atom. The van der Waals surface area contributed by atoms with Gasteiger partial charge in [0.25, 0.3) is 0 Å². The first-order valence-electron chi connectivity index (χ1n) is 6.30. The van der Waals surface area contributed by atoms with Crippen molar-refractivity contribution in [3.8, 4) is 5.75 Å². The standard InChI is InChI=1S/C12H21N3O2/c1-2-7-15-9-11(8-14-15)17-10-12(16)3-5-13-6-4-12/h8-9,13,16H,2-7,10H2,1H3. The molecule has 1 aliphatic heterocycles. The van der Waals surface area contributed by atoms with Crippen molar-refractivity contribution in [2.45, 2.75) is 38.3 Å². The number of nitrogens with zero attached hydrogens (tertiary/aromatic N) is 2. The molecule has 0 unspecified atom stereocenters. The van der Waals surface area contributed by atoms with Crippen molar-refractivity contribution in [1.29, 1.82) is 0 Å². The van der Waals surface area contributed by atoms with E-state index in [2.05, 4.69) is 17.3 Å². The second kappa shape index (κ2) is 5.51. The van der Waals surface area contributed by atoms with Gasteiger partial charge in [-0.25, -0.2) is 0 Å². The number of piperidine rings is 1. The molecule has 0 aliphatic carbocycles. The zero-order chi connectivity index (χ0) is 12.1. The zero-order valence-corrected chi connectivity index (χ0v) is 10.4. The SMILES string of the molecule is CCCn1cc(OCC2(O)CCNCC2)cn1. The third kappa shape index (κ3) is 3.44. The Bertz CT molecular complexity index is 345. The molecule has 0 atom stereocenters. The minimum Gasteiger partial charge on any atom is -0.487 e. The van der Waals surface area contributed by atoms with Crippen molar-refractivity contribution in [3.05, 3.63) is 12.4 Å². The average molecular weight is 239 g/mol. The Morgan fingerprint density at radius 2 is 2.29 bits per heavy atom. The van der Waals surface area contributed by atoms with E-state index in [1.165, 1.54) is 0 Å². The number of aliphatic hydroxyl groups is 1. The largest absolute Gasteiger partial charge is 0.487 e. The third-order valence-corrected chi connectivity index (χ3v) is 3.10. The van der Waals surface area contributed by atoms with E-state index < -0.39 is 5.60 Å². The molecular weight excluding hydrogens is 218 g/mol. The fourth-order valence-corrected chi connectivity index (χ4v) is 2.02. The number of ether oxygens (including phenoxy) is 1. The summed E-state index contributed by atoms with van der Waals surface area (Å²) in [6.07, 6.45) is 6.14. The summed E-state index contributed by atoms with van der Waals surface area (Å²) >= 11 is 0. The molecule has 2 N–H and O–H groups in total. The van der Waals surface area contributed by atoms with Crippen LogP contribution in [0.5, 0.6) is 5.75 Å². The van der Waals surface area contributed by atoms with Gasteiger partial charge in [0.2, 0.25) is 0 Å². The fraction of sp³-hybridized carbons (Fsp3) is 0.750. The average Bonchev–Trinajstić information content (AvgIpc) is 2.76. The summed E-state index contributed by atoms with van der Waals surface area (Å²) in [5.74, 6) is 0.741. The van der Waals surface area contributed by atoms with Gasteiger partial charge >= 0.3 is 0 Å². The summed E-state index contributed by atoms with van der Waals surface area (Å²) in [7, 11) is 0. The van der Waals surface area contributed by atoms with Gasteiger partial charge in [0.05, 0.1) is 12.4 Å². The van der Waals surface area contributed by atoms with Crippen molar-refractivity contribution in [1.82, 2.24) is 15.1 Å². The Morgan fingerprint density at radius 1 is 1.53 bits per heavy atom. The fourth-order valence-electron chi connectivity index (χ4n) is 2.02. The Kier molecular flexibility index (Phi) is 4.02. The summed E-state index contributed by atoms with van der Waals surface area (Å²) < 4.78 is 7.48. The normalized spacial score (nSPS) is 19.2. The number of hydrogen-bond donors (Lipinski definition) is 2. The molecule has 0 radical (unpaired) electrons. The van der Waals surface area contributed by atoms with Crippen LogP contribution in [0.25, 0.3) is 0 Å². The molecule has 1 aromatic rings. The van der Waals surface area contributed by atoms with Gasteiger partial charge in [0, 0.05) is 6.54 Å². The zero-order valence-electron chi connectivity index (χ0n) is 10.4. The van der Waals surface area contributed by atoms with Gasteiger partial charge in [-0.2, -0.15) is 5.10 Å². The maximum absolute atomic E-state index is 10.3. The second-order valence-electron chi connectivity index (χ2n) is 4.70. The molecule has 5 nitrogen and oxygen atoms in total. The molecule has 96 valence electrons. The molecule has 5 heteroatoms. The van der Waals surface area contributed by atoms with Crippen molar-refractivity contribution in [3.63, 3.8) is 0 Å². The highest BCUT2D eigenvalue weighted by molar-refractivity contribution is 5.12. The van der Waals surface area contributed by atoms with E-state index in [4.69, 9.17) is 4.74 Å². The van der Waals surface area contributed by atoms with E-state index in [0.717, 1.165) is 44.6 Å². The van der Waals surface area contributed by atoms with Gasteiger partial charge in [-0.15, -0.1) is 0 Å². The predicted molar refractivity (Wildman–Crippen MR) is 65.1 cm³/mol. The van der Waals surface area contributed by atoms with Gasteiger partial charge in [0.1, 0.15) is 12.2 Å². The van der Waals surface area contributed by atoms with Crippen LogP contribution in [0.3, 0.4) is 0 Å². The van der Waals surface area contributed by atoms with Gasteiger partial charge in [0.15, 0.2) is 5.75 Å². The lowest BCUT2D eigenvalue weighted by Gasteiger charge is -2.31. The first-order valence-corrected chi connectivity index (χ1v) is 6.30. The molecule has 0 aromatic carbocycles. The quantitative estimate of drug-likeness (QED) is 0.797. The molecule has 17 heavy (non-hydrogen) atoms. The summed E-state index contributed by atoms with van der Waals surface area (Å²) in [5, 5.41) is 17.7. The van der Waals surface area contributed by atoms with Crippen LogP contribution in [0, 0.1) is 0 Å². The summed E-state index contributed by atoms with van der Waals surface area (Å²) in [4.78, 5) is 0. The number of aryl methyl sites for hydroxylation is 1. The van der Waals surface area contributed by atoms with Crippen LogP contribution in [0.1, 0.15) is 26.2 Å². The molecule has 0 saturated carbocycles. The molecule has 1 saturated heterocycles. The molecule has 1 aliphatic rings. The smallest absolute Gasteiger partial charge is 0.157 e. The van der Waals surface area contributed by atoms with E-state index in [0.29, 0.717) is 6.61 Å². The highest BCUT2D eigenvalue weighted by Crippen LogP contribution is 2.20. The van der Waals surface area contributed by atoms with E-state index in [1.54, 1.807) is 6.20 Å². The van der Waals surface area contributed by atoms with Gasteiger partial charge in [-0.3, -0.25) is 4.68 Å². The molecule has 0 bridgehead atoms. The minimum atomic E-state index is -0.682. The Balaban J connectivity index is 1.83. The van der Waals surface area contributed by atoms with E-state index in [-0.39, 0.29) is 0 Å². The van der Waals surface area contributed by atoms with Crippen molar-refractivity contribution in [2.75, 3.05) is 19.7 Å². The molecule has 1 aromatic heterocycles. The highest BCUT2D eigenvalue weighted by Gasteiger charge is 2.30. The molecule has 0 spiro atoms. The maximum Gasteiger partial charge on any atom is 0.157 e. The van der Waals surface area contributed by atoms with Crippen LogP contribution in [0.2, 0.25) is 0 Å². The molecule has 2 rings (SSSR count). The predicted octanol–water partition coefficient (Wildman–Crippen LogP) is 0.786. The first kappa shape index (κ1) is 12.4. The van der Waals surface area contributed by atoms with Crippen LogP contribution < -0.4 is 10.1 Å². The number of rotatable bonds is 5. The lowest BCUT2D eigenvalue weighted by atomic mass is 9.94. The topological polar surface area (TPSA) is 59.3 Å². The first-order chi connectivity index (χ1) is 8.22. The van der Waals surface area contributed by atoms with Crippen LogP contribution >= 0.6 is 0 Å². The third-order valence-electron chi connectivity index (χ3n) is 3.10. The van der Waals surface area contributed by atoms with E-state index >= 15 is 0 Å². The van der Waals surface area contributed by atoms with Crippen LogP contribution in [0.15, 0.2) is 12.4 Å². The molecule has 0 amide bonds. The van der Waals surface area contributed by atoms with Crippen LogP contribution in [-0.2, 0) is 6.54 Å². The summed E-state index contributed by atoms with van der Waals surface area (Å²) in [5.41, 5.74) is -0.682. The lowest BCUT2D eigenvalue weighted by molar-refractivity contribution is -0.0286. The van der Waals surface area contributed by atoms with Gasteiger partial charge in [-0.05, 0) is 32.4 Å². The Hall–Kier alpha value is -1.07. The number of nitrogens with one attached hydrogen (secondary N) is 1.